The van der Waals surface area contributed by atoms with E-state index in [9.17, 15) is 10.1 Å². The number of ether oxygens (including phenoxy) is 3. The first-order valence-corrected chi connectivity index (χ1v) is 6.44. The first kappa shape index (κ1) is 13.2. The standard InChI is InChI=1S/C15H13NO5/c1-10(11-3-2-4-12(7-11)16(17)18)21-13-5-6-14-15(8-13)20-9-19-14/h2-8,10H,9H2,1H3/t10-/m1/s1. The monoisotopic (exact) mass is 287 g/mol. The van der Waals surface area contributed by atoms with Crippen LogP contribution in [0.4, 0.5) is 5.69 Å². The lowest BCUT2D eigenvalue weighted by molar-refractivity contribution is -0.385. The van der Waals surface area contributed by atoms with Crippen molar-refractivity contribution in [3.05, 3.63) is 58.1 Å². The van der Waals surface area contributed by atoms with Crippen LogP contribution in [0.2, 0.25) is 0 Å². The Morgan fingerprint density at radius 3 is 2.81 bits per heavy atom. The lowest BCUT2D eigenvalue weighted by Crippen LogP contribution is -2.03. The molecule has 1 heterocycles. The van der Waals surface area contributed by atoms with Gasteiger partial charge in [-0.3, -0.25) is 10.1 Å². The molecule has 6 nitrogen and oxygen atoms in total. The molecule has 0 unspecified atom stereocenters. The van der Waals surface area contributed by atoms with Crippen LogP contribution in [0.1, 0.15) is 18.6 Å². The third-order valence-corrected chi connectivity index (χ3v) is 3.21. The van der Waals surface area contributed by atoms with Crippen molar-refractivity contribution in [3.63, 3.8) is 0 Å². The topological polar surface area (TPSA) is 70.8 Å². The van der Waals surface area contributed by atoms with Crippen LogP contribution in [0.3, 0.4) is 0 Å². The van der Waals surface area contributed by atoms with Crippen molar-refractivity contribution in [1.29, 1.82) is 0 Å². The third kappa shape index (κ3) is 2.74. The number of fused-ring (bicyclic) bond motifs is 1. The third-order valence-electron chi connectivity index (χ3n) is 3.21. The molecule has 1 aliphatic rings. The Morgan fingerprint density at radius 2 is 2.00 bits per heavy atom. The van der Waals surface area contributed by atoms with Gasteiger partial charge in [-0.1, -0.05) is 12.1 Å². The van der Waals surface area contributed by atoms with Crippen LogP contribution in [0.15, 0.2) is 42.5 Å². The van der Waals surface area contributed by atoms with E-state index in [1.54, 1.807) is 30.3 Å². The number of nitrogens with zero attached hydrogens (tertiary/aromatic N) is 1. The van der Waals surface area contributed by atoms with Gasteiger partial charge in [-0.05, 0) is 24.6 Å². The molecule has 108 valence electrons. The predicted molar refractivity (Wildman–Crippen MR) is 74.7 cm³/mol. The van der Waals surface area contributed by atoms with E-state index in [0.717, 1.165) is 5.56 Å². The number of hydrogen-bond acceptors (Lipinski definition) is 5. The second-order valence-corrected chi connectivity index (χ2v) is 4.63. The van der Waals surface area contributed by atoms with Gasteiger partial charge in [0.25, 0.3) is 5.69 Å². The van der Waals surface area contributed by atoms with E-state index in [2.05, 4.69) is 0 Å². The van der Waals surface area contributed by atoms with E-state index in [-0.39, 0.29) is 18.6 Å². The summed E-state index contributed by atoms with van der Waals surface area (Å²) in [5, 5.41) is 10.8. The van der Waals surface area contributed by atoms with Crippen molar-refractivity contribution < 1.29 is 19.1 Å². The van der Waals surface area contributed by atoms with Gasteiger partial charge in [0.05, 0.1) is 4.92 Å². The maximum atomic E-state index is 10.8. The smallest absolute Gasteiger partial charge is 0.269 e. The molecule has 2 aromatic carbocycles. The van der Waals surface area contributed by atoms with Gasteiger partial charge in [0, 0.05) is 18.2 Å². The highest BCUT2D eigenvalue weighted by atomic mass is 16.7. The van der Waals surface area contributed by atoms with Crippen LogP contribution >= 0.6 is 0 Å². The molecular formula is C15H13NO5. The minimum absolute atomic E-state index is 0.0497. The molecule has 0 saturated carbocycles. The molecule has 0 spiro atoms. The summed E-state index contributed by atoms with van der Waals surface area (Å²) in [4.78, 5) is 10.4. The zero-order valence-electron chi connectivity index (χ0n) is 11.3. The molecule has 0 fully saturated rings. The second kappa shape index (κ2) is 5.32. The predicted octanol–water partition coefficient (Wildman–Crippen LogP) is 3.46. The van der Waals surface area contributed by atoms with E-state index in [0.29, 0.717) is 17.2 Å². The Kier molecular flexibility index (Phi) is 3.35. The molecule has 0 radical (unpaired) electrons. The second-order valence-electron chi connectivity index (χ2n) is 4.63. The van der Waals surface area contributed by atoms with Crippen LogP contribution in [-0.4, -0.2) is 11.7 Å². The number of benzene rings is 2. The molecule has 2 aromatic rings. The molecule has 3 rings (SSSR count). The summed E-state index contributed by atoms with van der Waals surface area (Å²) in [6, 6.07) is 11.7. The summed E-state index contributed by atoms with van der Waals surface area (Å²) in [5.41, 5.74) is 0.788. The quantitative estimate of drug-likeness (QED) is 0.636. The fraction of sp³-hybridized carbons (Fsp3) is 0.200. The van der Waals surface area contributed by atoms with Gasteiger partial charge in [0.1, 0.15) is 11.9 Å². The number of non-ortho nitro benzene ring substituents is 1. The molecule has 0 amide bonds. The number of rotatable bonds is 4. The molecule has 1 atom stereocenters. The summed E-state index contributed by atoms with van der Waals surface area (Å²) in [6.07, 6.45) is -0.315. The zero-order valence-corrected chi connectivity index (χ0v) is 11.3. The van der Waals surface area contributed by atoms with E-state index in [4.69, 9.17) is 14.2 Å². The Bertz CT molecular complexity index is 686. The van der Waals surface area contributed by atoms with Crippen LogP contribution in [0.25, 0.3) is 0 Å². The molecule has 21 heavy (non-hydrogen) atoms. The molecular weight excluding hydrogens is 274 g/mol. The molecule has 1 aliphatic heterocycles. The van der Waals surface area contributed by atoms with Crippen molar-refractivity contribution >= 4 is 5.69 Å². The number of hydrogen-bond donors (Lipinski definition) is 0. The van der Waals surface area contributed by atoms with Gasteiger partial charge >= 0.3 is 0 Å². The largest absolute Gasteiger partial charge is 0.486 e. The van der Waals surface area contributed by atoms with Crippen molar-refractivity contribution in [1.82, 2.24) is 0 Å². The van der Waals surface area contributed by atoms with Gasteiger partial charge < -0.3 is 14.2 Å². The molecule has 0 bridgehead atoms. The fourth-order valence-electron chi connectivity index (χ4n) is 2.11. The van der Waals surface area contributed by atoms with Crippen molar-refractivity contribution in [3.8, 4) is 17.2 Å². The van der Waals surface area contributed by atoms with Crippen molar-refractivity contribution in [2.24, 2.45) is 0 Å². The van der Waals surface area contributed by atoms with Crippen LogP contribution in [0.5, 0.6) is 17.2 Å². The van der Waals surface area contributed by atoms with E-state index < -0.39 is 4.92 Å². The summed E-state index contributed by atoms with van der Waals surface area (Å²) >= 11 is 0. The highest BCUT2D eigenvalue weighted by molar-refractivity contribution is 5.47. The summed E-state index contributed by atoms with van der Waals surface area (Å²) < 4.78 is 16.3. The number of nitro benzene ring substituents is 1. The Labute approximate surface area is 121 Å². The van der Waals surface area contributed by atoms with Gasteiger partial charge in [0.15, 0.2) is 11.5 Å². The summed E-state index contributed by atoms with van der Waals surface area (Å²) in [7, 11) is 0. The Balaban J connectivity index is 1.78. The maximum Gasteiger partial charge on any atom is 0.269 e. The minimum atomic E-state index is -0.420. The molecule has 0 aliphatic carbocycles. The molecule has 0 N–H and O–H groups in total. The number of nitro groups is 1. The zero-order chi connectivity index (χ0) is 14.8. The maximum absolute atomic E-state index is 10.8. The molecule has 0 aromatic heterocycles. The van der Waals surface area contributed by atoms with Gasteiger partial charge in [0.2, 0.25) is 6.79 Å². The Hall–Kier alpha value is -2.76. The first-order chi connectivity index (χ1) is 10.1. The van der Waals surface area contributed by atoms with Crippen molar-refractivity contribution in [2.45, 2.75) is 13.0 Å². The average molecular weight is 287 g/mol. The highest BCUT2D eigenvalue weighted by Crippen LogP contribution is 2.36. The molecule has 6 heteroatoms. The van der Waals surface area contributed by atoms with Gasteiger partial charge in [-0.2, -0.15) is 0 Å². The van der Waals surface area contributed by atoms with Crippen molar-refractivity contribution in [2.75, 3.05) is 6.79 Å². The van der Waals surface area contributed by atoms with E-state index in [1.807, 2.05) is 6.92 Å². The SMILES string of the molecule is C[C@@H](Oc1ccc2c(c1)OCO2)c1cccc([N+](=O)[O-])c1. The van der Waals surface area contributed by atoms with E-state index in [1.165, 1.54) is 12.1 Å². The minimum Gasteiger partial charge on any atom is -0.486 e. The lowest BCUT2D eigenvalue weighted by Gasteiger charge is -2.15. The first-order valence-electron chi connectivity index (χ1n) is 6.44. The summed E-state index contributed by atoms with van der Waals surface area (Å²) in [6.45, 7) is 2.04. The van der Waals surface area contributed by atoms with Gasteiger partial charge in [-0.25, -0.2) is 0 Å². The van der Waals surface area contributed by atoms with Crippen LogP contribution in [0, 0.1) is 10.1 Å². The van der Waals surface area contributed by atoms with E-state index >= 15 is 0 Å². The lowest BCUT2D eigenvalue weighted by atomic mass is 10.1. The average Bonchev–Trinajstić information content (AvgIpc) is 2.95. The van der Waals surface area contributed by atoms with Gasteiger partial charge in [-0.15, -0.1) is 0 Å². The Morgan fingerprint density at radius 1 is 1.19 bits per heavy atom. The normalized spacial score (nSPS) is 13.8. The fourth-order valence-corrected chi connectivity index (χ4v) is 2.11. The van der Waals surface area contributed by atoms with Crippen LogP contribution < -0.4 is 14.2 Å². The molecule has 0 saturated heterocycles. The van der Waals surface area contributed by atoms with Crippen LogP contribution in [-0.2, 0) is 0 Å². The highest BCUT2D eigenvalue weighted by Gasteiger charge is 2.16. The summed E-state index contributed by atoms with van der Waals surface area (Å²) in [5.74, 6) is 1.95.